The van der Waals surface area contributed by atoms with Gasteiger partial charge in [-0.3, -0.25) is 0 Å². The summed E-state index contributed by atoms with van der Waals surface area (Å²) >= 11 is 3.49. The number of rotatable bonds is 3. The maximum absolute atomic E-state index is 4.51. The van der Waals surface area contributed by atoms with Crippen LogP contribution in [0.5, 0.6) is 0 Å². The van der Waals surface area contributed by atoms with Crippen molar-refractivity contribution in [1.82, 2.24) is 19.9 Å². The summed E-state index contributed by atoms with van der Waals surface area (Å²) in [7, 11) is 0. The van der Waals surface area contributed by atoms with Crippen LogP contribution >= 0.6 is 15.9 Å². The molecule has 0 aliphatic carbocycles. The van der Waals surface area contributed by atoms with Crippen molar-refractivity contribution in [3.63, 3.8) is 0 Å². The van der Waals surface area contributed by atoms with Gasteiger partial charge in [-0.25, -0.2) is 4.52 Å². The molecule has 2 aromatic rings. The summed E-state index contributed by atoms with van der Waals surface area (Å²) in [4.78, 5) is 4.51. The fraction of sp³-hybridized carbons (Fsp3) is 0.538. The minimum absolute atomic E-state index is 0.333. The largest absolute Gasteiger partial charge is 0.352 e. The van der Waals surface area contributed by atoms with E-state index in [2.05, 4.69) is 43.6 Å². The molecule has 0 radical (unpaired) electrons. The van der Waals surface area contributed by atoms with E-state index in [0.717, 1.165) is 29.8 Å². The topological polar surface area (TPSA) is 54.2 Å². The van der Waals surface area contributed by atoms with E-state index in [0.29, 0.717) is 11.4 Å². The fourth-order valence-electron chi connectivity index (χ4n) is 2.45. The summed E-state index contributed by atoms with van der Waals surface area (Å²) < 4.78 is 2.75. The van der Waals surface area contributed by atoms with Gasteiger partial charge in [0.15, 0.2) is 5.65 Å². The molecule has 0 atom stereocenters. The van der Waals surface area contributed by atoms with E-state index >= 15 is 0 Å². The predicted octanol–water partition coefficient (Wildman–Crippen LogP) is 2.29. The Morgan fingerprint density at radius 2 is 2.26 bits per heavy atom. The number of halogens is 1. The van der Waals surface area contributed by atoms with Gasteiger partial charge in [0.05, 0.1) is 4.47 Å². The smallest absolute Gasteiger partial charge is 0.243 e. The molecule has 2 N–H and O–H groups in total. The highest BCUT2D eigenvalue weighted by Gasteiger charge is 2.26. The van der Waals surface area contributed by atoms with Crippen molar-refractivity contribution in [2.24, 2.45) is 5.41 Å². The Morgan fingerprint density at radius 1 is 1.47 bits per heavy atom. The summed E-state index contributed by atoms with van der Waals surface area (Å²) in [5.41, 5.74) is 1.18. The molecule has 0 aromatic carbocycles. The van der Waals surface area contributed by atoms with Crippen LogP contribution in [0.4, 0.5) is 5.95 Å². The molecule has 5 nitrogen and oxygen atoms in total. The maximum atomic E-state index is 4.51. The molecule has 2 aromatic heterocycles. The molecule has 1 fully saturated rings. The minimum atomic E-state index is 0.333. The molecule has 19 heavy (non-hydrogen) atoms. The lowest BCUT2D eigenvalue weighted by Gasteiger charge is -2.33. The van der Waals surface area contributed by atoms with Gasteiger partial charge in [0.1, 0.15) is 0 Å². The van der Waals surface area contributed by atoms with Crippen LogP contribution in [-0.2, 0) is 0 Å². The molecule has 102 valence electrons. The molecular formula is C13H18BrN5. The van der Waals surface area contributed by atoms with E-state index in [1.807, 2.05) is 18.3 Å². The molecule has 0 bridgehead atoms. The monoisotopic (exact) mass is 323 g/mol. The van der Waals surface area contributed by atoms with Crippen molar-refractivity contribution in [3.05, 3.63) is 22.8 Å². The van der Waals surface area contributed by atoms with Gasteiger partial charge in [-0.05, 0) is 59.4 Å². The zero-order valence-electron chi connectivity index (χ0n) is 11.0. The molecule has 0 saturated carbocycles. The number of fused-ring (bicyclic) bond motifs is 1. The molecule has 1 aliphatic rings. The normalized spacial score (nSPS) is 18.6. The lowest BCUT2D eigenvalue weighted by Crippen LogP contribution is -2.39. The SMILES string of the molecule is CC1(CNc2nc3c(Br)cccn3n2)CCNCC1. The van der Waals surface area contributed by atoms with E-state index in [1.54, 1.807) is 4.52 Å². The molecule has 3 heterocycles. The third kappa shape index (κ3) is 2.74. The van der Waals surface area contributed by atoms with E-state index in [-0.39, 0.29) is 0 Å². The number of piperidine rings is 1. The Hall–Kier alpha value is -1.14. The summed E-state index contributed by atoms with van der Waals surface area (Å²) in [5, 5.41) is 11.2. The van der Waals surface area contributed by atoms with Gasteiger partial charge in [0.2, 0.25) is 5.95 Å². The van der Waals surface area contributed by atoms with Gasteiger partial charge in [-0.1, -0.05) is 6.92 Å². The zero-order chi connectivity index (χ0) is 13.3. The Labute approximate surface area is 120 Å². The van der Waals surface area contributed by atoms with Gasteiger partial charge < -0.3 is 10.6 Å². The van der Waals surface area contributed by atoms with Crippen molar-refractivity contribution in [3.8, 4) is 0 Å². The Morgan fingerprint density at radius 3 is 3.00 bits per heavy atom. The molecule has 6 heteroatoms. The molecule has 1 saturated heterocycles. The quantitative estimate of drug-likeness (QED) is 0.910. The van der Waals surface area contributed by atoms with Crippen LogP contribution in [0.25, 0.3) is 5.65 Å². The zero-order valence-corrected chi connectivity index (χ0v) is 12.6. The van der Waals surface area contributed by atoms with E-state index in [1.165, 1.54) is 12.8 Å². The molecule has 1 aliphatic heterocycles. The third-order valence-corrected chi connectivity index (χ3v) is 4.42. The summed E-state index contributed by atoms with van der Waals surface area (Å²) in [6.45, 7) is 5.44. The fourth-order valence-corrected chi connectivity index (χ4v) is 2.87. The second-order valence-electron chi connectivity index (χ2n) is 5.47. The summed E-state index contributed by atoms with van der Waals surface area (Å²) in [5.74, 6) is 0.701. The number of hydrogen-bond donors (Lipinski definition) is 2. The van der Waals surface area contributed by atoms with Crippen molar-refractivity contribution in [2.45, 2.75) is 19.8 Å². The maximum Gasteiger partial charge on any atom is 0.243 e. The number of anilines is 1. The number of hydrogen-bond acceptors (Lipinski definition) is 4. The van der Waals surface area contributed by atoms with E-state index in [9.17, 15) is 0 Å². The van der Waals surface area contributed by atoms with Gasteiger partial charge in [-0.15, -0.1) is 5.10 Å². The number of nitrogens with one attached hydrogen (secondary N) is 2. The highest BCUT2D eigenvalue weighted by Crippen LogP contribution is 2.28. The van der Waals surface area contributed by atoms with Crippen LogP contribution in [0.3, 0.4) is 0 Å². The van der Waals surface area contributed by atoms with Crippen LogP contribution in [0, 0.1) is 5.41 Å². The molecule has 0 unspecified atom stereocenters. The number of pyridine rings is 1. The first-order valence-corrected chi connectivity index (χ1v) is 7.41. The first kappa shape index (κ1) is 12.9. The molecular weight excluding hydrogens is 306 g/mol. The summed E-state index contributed by atoms with van der Waals surface area (Å²) in [6.07, 6.45) is 4.29. The average Bonchev–Trinajstić information content (AvgIpc) is 2.82. The van der Waals surface area contributed by atoms with Gasteiger partial charge in [-0.2, -0.15) is 4.98 Å². The van der Waals surface area contributed by atoms with Crippen LogP contribution in [0.2, 0.25) is 0 Å². The van der Waals surface area contributed by atoms with Crippen molar-refractivity contribution in [1.29, 1.82) is 0 Å². The van der Waals surface area contributed by atoms with E-state index in [4.69, 9.17) is 0 Å². The minimum Gasteiger partial charge on any atom is -0.352 e. The number of aromatic nitrogens is 3. The molecule has 0 amide bonds. The second-order valence-corrected chi connectivity index (χ2v) is 6.33. The first-order valence-electron chi connectivity index (χ1n) is 6.62. The summed E-state index contributed by atoms with van der Waals surface area (Å²) in [6, 6.07) is 3.92. The van der Waals surface area contributed by atoms with Gasteiger partial charge >= 0.3 is 0 Å². The second kappa shape index (κ2) is 5.09. The highest BCUT2D eigenvalue weighted by atomic mass is 79.9. The molecule has 0 spiro atoms. The predicted molar refractivity (Wildman–Crippen MR) is 79.4 cm³/mol. The van der Waals surface area contributed by atoms with Crippen LogP contribution in [0.15, 0.2) is 22.8 Å². The van der Waals surface area contributed by atoms with Crippen molar-refractivity contribution < 1.29 is 0 Å². The first-order chi connectivity index (χ1) is 9.16. The standard InChI is InChI=1S/C13H18BrN5/c1-13(4-6-15-7-5-13)9-16-12-17-11-10(14)3-2-8-19(11)18-12/h2-3,8,15H,4-7,9H2,1H3,(H,16,18). The average molecular weight is 324 g/mol. The van der Waals surface area contributed by atoms with Crippen LogP contribution < -0.4 is 10.6 Å². The lowest BCUT2D eigenvalue weighted by atomic mass is 9.81. The van der Waals surface area contributed by atoms with Gasteiger partial charge in [0, 0.05) is 12.7 Å². The van der Waals surface area contributed by atoms with Crippen LogP contribution in [0.1, 0.15) is 19.8 Å². The Bertz CT molecular complexity index is 573. The molecule has 3 rings (SSSR count). The van der Waals surface area contributed by atoms with Crippen LogP contribution in [-0.4, -0.2) is 34.2 Å². The van der Waals surface area contributed by atoms with Crippen molar-refractivity contribution in [2.75, 3.05) is 25.0 Å². The Balaban J connectivity index is 1.73. The van der Waals surface area contributed by atoms with Gasteiger partial charge in [0.25, 0.3) is 0 Å². The highest BCUT2D eigenvalue weighted by molar-refractivity contribution is 9.10. The van der Waals surface area contributed by atoms with E-state index < -0.39 is 0 Å². The van der Waals surface area contributed by atoms with Crippen molar-refractivity contribution >= 4 is 27.5 Å². The third-order valence-electron chi connectivity index (χ3n) is 3.80. The lowest BCUT2D eigenvalue weighted by molar-refractivity contribution is 0.247. The Kier molecular flexibility index (Phi) is 3.45. The number of nitrogens with zero attached hydrogens (tertiary/aromatic N) is 3.